The summed E-state index contributed by atoms with van der Waals surface area (Å²) in [7, 11) is 0. The van der Waals surface area contributed by atoms with Crippen LogP contribution in [0.2, 0.25) is 0 Å². The van der Waals surface area contributed by atoms with Crippen molar-refractivity contribution in [3.63, 3.8) is 0 Å². The van der Waals surface area contributed by atoms with Crippen LogP contribution in [0.25, 0.3) is 0 Å². The van der Waals surface area contributed by atoms with E-state index in [1.54, 1.807) is 6.07 Å². The van der Waals surface area contributed by atoms with E-state index >= 15 is 0 Å². The minimum absolute atomic E-state index is 0.428. The molecule has 0 spiro atoms. The highest BCUT2D eigenvalue weighted by atomic mass is 127. The van der Waals surface area contributed by atoms with Gasteiger partial charge >= 0.3 is 5.97 Å². The lowest BCUT2D eigenvalue weighted by molar-refractivity contribution is 0.0695. The molecule has 0 saturated heterocycles. The van der Waals surface area contributed by atoms with Gasteiger partial charge in [-0.15, -0.1) is 11.8 Å². The summed E-state index contributed by atoms with van der Waals surface area (Å²) in [5, 5.41) is 9.00. The molecule has 1 atom stereocenters. The lowest BCUT2D eigenvalue weighted by Gasteiger charge is -2.04. The van der Waals surface area contributed by atoms with Gasteiger partial charge in [-0.05, 0) is 53.0 Å². The van der Waals surface area contributed by atoms with Gasteiger partial charge in [-0.1, -0.05) is 0 Å². The lowest BCUT2D eigenvalue weighted by atomic mass is 10.1. The van der Waals surface area contributed by atoms with Gasteiger partial charge in [0.05, 0.1) is 10.1 Å². The van der Waals surface area contributed by atoms with E-state index in [1.165, 1.54) is 10.5 Å². The normalized spacial score (nSPS) is 18.9. The predicted molar refractivity (Wildman–Crippen MR) is 73.0 cm³/mol. The first-order chi connectivity index (χ1) is 7.13. The van der Waals surface area contributed by atoms with E-state index in [0.717, 1.165) is 9.99 Å². The van der Waals surface area contributed by atoms with E-state index in [-0.39, 0.29) is 0 Å². The molecule has 2 nitrogen and oxygen atoms in total. The maximum absolute atomic E-state index is 11.0. The van der Waals surface area contributed by atoms with Crippen LogP contribution in [0.3, 0.4) is 0 Å². The van der Waals surface area contributed by atoms with Crippen molar-refractivity contribution in [1.82, 2.24) is 0 Å². The van der Waals surface area contributed by atoms with Crippen molar-refractivity contribution in [1.29, 1.82) is 0 Å². The van der Waals surface area contributed by atoms with E-state index < -0.39 is 5.97 Å². The molecular formula is C10H9IO2S2. The van der Waals surface area contributed by atoms with Crippen molar-refractivity contribution < 1.29 is 9.90 Å². The number of thioether (sulfide) groups is 2. The number of fused-ring (bicyclic) bond motifs is 1. The fraction of sp³-hybridized carbons (Fsp3) is 0.300. The molecule has 1 unspecified atom stereocenters. The van der Waals surface area contributed by atoms with Crippen LogP contribution in [0.5, 0.6) is 0 Å². The van der Waals surface area contributed by atoms with Gasteiger partial charge in [0, 0.05) is 8.47 Å². The Morgan fingerprint density at radius 1 is 1.67 bits per heavy atom. The highest BCUT2D eigenvalue weighted by molar-refractivity contribution is 14.1. The Kier molecular flexibility index (Phi) is 3.52. The molecule has 1 aliphatic heterocycles. The monoisotopic (exact) mass is 352 g/mol. The molecule has 2 rings (SSSR count). The van der Waals surface area contributed by atoms with Crippen molar-refractivity contribution >= 4 is 52.1 Å². The maximum atomic E-state index is 11.0. The van der Waals surface area contributed by atoms with Crippen LogP contribution in [0.1, 0.15) is 15.9 Å². The van der Waals surface area contributed by atoms with Gasteiger partial charge in [0.1, 0.15) is 0 Å². The second-order valence-corrected chi connectivity index (χ2v) is 6.86. The maximum Gasteiger partial charge on any atom is 0.336 e. The van der Waals surface area contributed by atoms with E-state index in [9.17, 15) is 4.79 Å². The average molecular weight is 352 g/mol. The van der Waals surface area contributed by atoms with Crippen molar-refractivity contribution in [3.8, 4) is 0 Å². The summed E-state index contributed by atoms with van der Waals surface area (Å²) in [6.45, 7) is 0. The Hall–Kier alpha value is 0.120. The minimum Gasteiger partial charge on any atom is -0.478 e. The third-order valence-electron chi connectivity index (χ3n) is 2.32. The van der Waals surface area contributed by atoms with Crippen LogP contribution in [0, 0.1) is 3.57 Å². The highest BCUT2D eigenvalue weighted by Gasteiger charge is 2.25. The molecule has 1 N–H and O–H groups in total. The number of carboxylic acid groups (broad SMARTS) is 1. The smallest absolute Gasteiger partial charge is 0.336 e. The van der Waals surface area contributed by atoms with E-state index in [4.69, 9.17) is 5.11 Å². The summed E-state index contributed by atoms with van der Waals surface area (Å²) in [6.07, 6.45) is 3.06. The number of halogens is 1. The number of carbonyl (C=O) groups is 1. The quantitative estimate of drug-likeness (QED) is 0.829. The van der Waals surface area contributed by atoms with Gasteiger partial charge in [0.15, 0.2) is 0 Å². The van der Waals surface area contributed by atoms with Crippen molar-refractivity contribution in [2.45, 2.75) is 15.9 Å². The number of aromatic carboxylic acids is 1. The highest BCUT2D eigenvalue weighted by Crippen LogP contribution is 2.43. The van der Waals surface area contributed by atoms with E-state index in [2.05, 4.69) is 28.8 Å². The number of hydrogen-bond acceptors (Lipinski definition) is 3. The van der Waals surface area contributed by atoms with Gasteiger partial charge < -0.3 is 5.11 Å². The lowest BCUT2D eigenvalue weighted by Crippen LogP contribution is -2.03. The number of carboxylic acids is 1. The molecule has 15 heavy (non-hydrogen) atoms. The van der Waals surface area contributed by atoms with Gasteiger partial charge in [-0.3, -0.25) is 0 Å². The van der Waals surface area contributed by atoms with Gasteiger partial charge in [0.25, 0.3) is 0 Å². The summed E-state index contributed by atoms with van der Waals surface area (Å²) >= 11 is 5.80. The molecule has 1 aliphatic rings. The first-order valence-electron chi connectivity index (χ1n) is 4.37. The fourth-order valence-corrected chi connectivity index (χ4v) is 4.69. The second kappa shape index (κ2) is 4.55. The van der Waals surface area contributed by atoms with Crippen LogP contribution >= 0.6 is 46.1 Å². The summed E-state index contributed by atoms with van der Waals surface area (Å²) in [6, 6.07) is 3.64. The van der Waals surface area contributed by atoms with Gasteiger partial charge in [0.2, 0.25) is 0 Å². The molecule has 1 aromatic carbocycles. The molecule has 0 aromatic heterocycles. The van der Waals surface area contributed by atoms with Crippen molar-refractivity contribution in [2.24, 2.45) is 0 Å². The average Bonchev–Trinajstić information content (AvgIpc) is 2.61. The summed E-state index contributed by atoms with van der Waals surface area (Å²) in [5.41, 5.74) is 1.64. The third-order valence-corrected chi connectivity index (χ3v) is 6.18. The van der Waals surface area contributed by atoms with Crippen LogP contribution in [0.4, 0.5) is 0 Å². The summed E-state index contributed by atoms with van der Waals surface area (Å²) in [4.78, 5) is 12.2. The standard InChI is InChI=1S/C10H9IO2S2/c1-14-8-4-6-7(15-8)3-2-5(9(6)11)10(12)13/h2-3,8H,4H2,1H3,(H,12,13). The van der Waals surface area contributed by atoms with Crippen LogP contribution < -0.4 is 0 Å². The Balaban J connectivity index is 2.44. The van der Waals surface area contributed by atoms with Crippen LogP contribution in [-0.2, 0) is 6.42 Å². The first-order valence-corrected chi connectivity index (χ1v) is 7.62. The molecule has 1 aromatic rings. The Morgan fingerprint density at radius 3 is 3.00 bits per heavy atom. The molecule has 5 heteroatoms. The predicted octanol–water partition coefficient (Wildman–Crippen LogP) is 3.33. The zero-order valence-electron chi connectivity index (χ0n) is 7.99. The van der Waals surface area contributed by atoms with Crippen molar-refractivity contribution in [3.05, 3.63) is 26.8 Å². The molecule has 0 saturated carbocycles. The summed E-state index contributed by atoms with van der Waals surface area (Å²) in [5.74, 6) is -0.834. The Bertz CT molecular complexity index is 420. The molecule has 0 bridgehead atoms. The zero-order chi connectivity index (χ0) is 11.0. The van der Waals surface area contributed by atoms with E-state index in [0.29, 0.717) is 10.1 Å². The molecular weight excluding hydrogens is 343 g/mol. The topological polar surface area (TPSA) is 37.3 Å². The largest absolute Gasteiger partial charge is 0.478 e. The third kappa shape index (κ3) is 2.14. The summed E-state index contributed by atoms with van der Waals surface area (Å²) < 4.78 is 1.44. The Morgan fingerprint density at radius 2 is 2.40 bits per heavy atom. The number of rotatable bonds is 2. The molecule has 80 valence electrons. The number of benzene rings is 1. The molecule has 0 fully saturated rings. The SMILES string of the molecule is CSC1Cc2c(ccc(C(=O)O)c2I)S1. The van der Waals surface area contributed by atoms with Crippen LogP contribution in [0.15, 0.2) is 17.0 Å². The van der Waals surface area contributed by atoms with Gasteiger partial charge in [-0.25, -0.2) is 4.79 Å². The molecule has 0 aliphatic carbocycles. The zero-order valence-corrected chi connectivity index (χ0v) is 11.8. The van der Waals surface area contributed by atoms with E-state index in [1.807, 2.05) is 29.6 Å². The first kappa shape index (κ1) is 11.6. The fourth-order valence-electron chi connectivity index (χ4n) is 1.55. The molecule has 1 heterocycles. The molecule has 0 amide bonds. The number of hydrogen-bond donors (Lipinski definition) is 1. The van der Waals surface area contributed by atoms with Crippen LogP contribution in [-0.4, -0.2) is 21.9 Å². The van der Waals surface area contributed by atoms with Crippen molar-refractivity contribution in [2.75, 3.05) is 6.26 Å². The van der Waals surface area contributed by atoms with Gasteiger partial charge in [-0.2, -0.15) is 11.8 Å². The second-order valence-electron chi connectivity index (χ2n) is 3.20. The Labute approximate surface area is 110 Å². The minimum atomic E-state index is -0.834. The molecule has 0 radical (unpaired) electrons.